The number of aryl methyl sites for hydroxylation is 1. The van der Waals surface area contributed by atoms with Gasteiger partial charge >= 0.3 is 0 Å². The van der Waals surface area contributed by atoms with Crippen LogP contribution in [0.2, 0.25) is 0 Å². The van der Waals surface area contributed by atoms with Crippen LogP contribution in [-0.2, 0) is 7.05 Å². The second-order valence-electron chi connectivity index (χ2n) is 9.15. The summed E-state index contributed by atoms with van der Waals surface area (Å²) in [4.78, 5) is 8.84. The lowest BCUT2D eigenvalue weighted by Crippen LogP contribution is -2.25. The normalized spacial score (nSPS) is 20.5. The van der Waals surface area contributed by atoms with Gasteiger partial charge in [0.2, 0.25) is 0 Å². The Balaban J connectivity index is 1.42. The molecule has 2 fully saturated rings. The number of nitrogens with zero attached hydrogens (tertiary/aromatic N) is 5. The summed E-state index contributed by atoms with van der Waals surface area (Å²) in [5.74, 6) is 1.58. The second-order valence-corrected chi connectivity index (χ2v) is 10.1. The number of hydrogen-bond donors (Lipinski definition) is 1. The zero-order chi connectivity index (χ0) is 22.4. The molecule has 0 radical (unpaired) electrons. The summed E-state index contributed by atoms with van der Waals surface area (Å²) in [5, 5.41) is 19.4. The molecule has 2 unspecified atom stereocenters. The molecule has 0 saturated carbocycles. The van der Waals surface area contributed by atoms with Gasteiger partial charge in [0.05, 0.1) is 33.9 Å². The number of anilines is 1. The highest BCUT2D eigenvalue weighted by atomic mass is 32.1. The number of hydrogen-bond acceptors (Lipinski definition) is 6. The van der Waals surface area contributed by atoms with Gasteiger partial charge in [0.15, 0.2) is 5.13 Å². The maximum absolute atomic E-state index is 9.22. The lowest BCUT2D eigenvalue weighted by Gasteiger charge is -2.19. The molecule has 0 bridgehead atoms. The van der Waals surface area contributed by atoms with Gasteiger partial charge in [0.1, 0.15) is 0 Å². The van der Waals surface area contributed by atoms with Crippen LogP contribution in [0, 0.1) is 23.2 Å². The van der Waals surface area contributed by atoms with Gasteiger partial charge in [0, 0.05) is 31.1 Å². The molecule has 6 nitrogen and oxygen atoms in total. The Morgan fingerprint density at radius 3 is 2.48 bits per heavy atom. The number of fused-ring (bicyclic) bond motifs is 2. The van der Waals surface area contributed by atoms with E-state index in [1.165, 1.54) is 17.7 Å². The number of nitrogens with one attached hydrogen (secondary N) is 1. The topological polar surface area (TPSA) is 69.8 Å². The quantitative estimate of drug-likeness (QED) is 0.487. The van der Waals surface area contributed by atoms with Gasteiger partial charge < -0.3 is 10.2 Å². The predicted octanol–water partition coefficient (Wildman–Crippen LogP) is 4.67. The molecule has 4 aromatic rings. The Hall–Kier alpha value is -3.21. The molecule has 2 aliphatic heterocycles. The predicted molar refractivity (Wildman–Crippen MR) is 133 cm³/mol. The average Bonchev–Trinajstić information content (AvgIpc) is 3.55. The molecule has 6 rings (SSSR count). The van der Waals surface area contributed by atoms with Crippen molar-refractivity contribution in [3.05, 3.63) is 54.2 Å². The zero-order valence-corrected chi connectivity index (χ0v) is 19.5. The van der Waals surface area contributed by atoms with E-state index in [2.05, 4.69) is 39.6 Å². The minimum absolute atomic E-state index is 0.667. The molecular formula is C26H26N6S. The maximum atomic E-state index is 9.22. The van der Waals surface area contributed by atoms with Crippen LogP contribution in [0.4, 0.5) is 5.13 Å². The van der Waals surface area contributed by atoms with Crippen LogP contribution in [0.15, 0.2) is 48.7 Å². The largest absolute Gasteiger partial charge is 0.348 e. The van der Waals surface area contributed by atoms with Crippen molar-refractivity contribution in [3.63, 3.8) is 0 Å². The molecule has 2 aliphatic rings. The van der Waals surface area contributed by atoms with E-state index in [4.69, 9.17) is 4.98 Å². The standard InChI is InChI=1S/C26H26N6S/c1-31-23-7-6-19(12-22(23)16-29-31)25-24(18-4-2-17(13-27)3-5-18)30-26(33-25)32-10-8-20-14-28-15-21(20)9-11-32/h2-7,12,16,20-21,28H,8-11,14-15H2,1H3. The Kier molecular flexibility index (Phi) is 5.12. The van der Waals surface area contributed by atoms with E-state index in [-0.39, 0.29) is 0 Å². The van der Waals surface area contributed by atoms with Gasteiger partial charge in [0.25, 0.3) is 0 Å². The second kappa shape index (κ2) is 8.29. The number of nitriles is 1. The SMILES string of the molecule is Cn1ncc2cc(-c3sc(N4CCC5CNCC5CC4)nc3-c3ccc(C#N)cc3)ccc21. The first-order chi connectivity index (χ1) is 16.2. The van der Waals surface area contributed by atoms with Crippen LogP contribution in [0.1, 0.15) is 18.4 Å². The van der Waals surface area contributed by atoms with Crippen molar-refractivity contribution in [2.45, 2.75) is 12.8 Å². The molecule has 33 heavy (non-hydrogen) atoms. The van der Waals surface area contributed by atoms with Gasteiger partial charge in [-0.1, -0.05) is 29.5 Å². The molecule has 0 aliphatic carbocycles. The Morgan fingerprint density at radius 1 is 1.03 bits per heavy atom. The van der Waals surface area contributed by atoms with Crippen molar-refractivity contribution in [2.24, 2.45) is 18.9 Å². The Labute approximate surface area is 197 Å². The molecule has 2 atom stereocenters. The molecule has 0 amide bonds. The third-order valence-electron chi connectivity index (χ3n) is 7.20. The summed E-state index contributed by atoms with van der Waals surface area (Å²) in [6.45, 7) is 4.43. The Bertz CT molecular complexity index is 1330. The summed E-state index contributed by atoms with van der Waals surface area (Å²) in [6.07, 6.45) is 4.37. The Morgan fingerprint density at radius 2 is 1.76 bits per heavy atom. The van der Waals surface area contributed by atoms with Crippen molar-refractivity contribution in [1.82, 2.24) is 20.1 Å². The fourth-order valence-corrected chi connectivity index (χ4v) is 6.39. The lowest BCUT2D eigenvalue weighted by atomic mass is 9.92. The van der Waals surface area contributed by atoms with Crippen LogP contribution in [-0.4, -0.2) is 40.9 Å². The number of aromatic nitrogens is 3. The first kappa shape index (κ1) is 20.4. The average molecular weight is 455 g/mol. The molecule has 2 aromatic carbocycles. The van der Waals surface area contributed by atoms with Gasteiger partial charge in [-0.2, -0.15) is 10.4 Å². The summed E-state index contributed by atoms with van der Waals surface area (Å²) in [5.41, 5.74) is 4.99. The van der Waals surface area contributed by atoms with Crippen LogP contribution in [0.25, 0.3) is 32.6 Å². The van der Waals surface area contributed by atoms with E-state index in [1.807, 2.05) is 42.2 Å². The number of rotatable bonds is 3. The van der Waals surface area contributed by atoms with Crippen molar-refractivity contribution in [1.29, 1.82) is 5.26 Å². The van der Waals surface area contributed by atoms with E-state index in [9.17, 15) is 5.26 Å². The minimum atomic E-state index is 0.667. The van der Waals surface area contributed by atoms with Crippen LogP contribution in [0.3, 0.4) is 0 Å². The highest BCUT2D eigenvalue weighted by Gasteiger charge is 2.31. The summed E-state index contributed by atoms with van der Waals surface area (Å²) < 4.78 is 1.90. The van der Waals surface area contributed by atoms with E-state index in [1.54, 1.807) is 11.3 Å². The monoisotopic (exact) mass is 454 g/mol. The smallest absolute Gasteiger partial charge is 0.186 e. The highest BCUT2D eigenvalue weighted by Crippen LogP contribution is 2.42. The third kappa shape index (κ3) is 3.69. The molecule has 166 valence electrons. The lowest BCUT2D eigenvalue weighted by molar-refractivity contribution is 0.409. The summed E-state index contributed by atoms with van der Waals surface area (Å²) >= 11 is 1.78. The fraction of sp³-hybridized carbons (Fsp3) is 0.346. The molecule has 1 N–H and O–H groups in total. The molecule has 2 saturated heterocycles. The summed E-state index contributed by atoms with van der Waals surface area (Å²) in [6, 6.07) is 16.5. The molecular weight excluding hydrogens is 428 g/mol. The maximum Gasteiger partial charge on any atom is 0.186 e. The molecule has 7 heteroatoms. The zero-order valence-electron chi connectivity index (χ0n) is 18.7. The third-order valence-corrected chi connectivity index (χ3v) is 8.37. The van der Waals surface area contributed by atoms with E-state index < -0.39 is 0 Å². The number of benzene rings is 2. The highest BCUT2D eigenvalue weighted by molar-refractivity contribution is 7.19. The van der Waals surface area contributed by atoms with Crippen LogP contribution in [0.5, 0.6) is 0 Å². The van der Waals surface area contributed by atoms with Gasteiger partial charge in [-0.15, -0.1) is 0 Å². The van der Waals surface area contributed by atoms with Crippen molar-refractivity contribution < 1.29 is 0 Å². The van der Waals surface area contributed by atoms with Crippen molar-refractivity contribution in [2.75, 3.05) is 31.1 Å². The molecule has 2 aromatic heterocycles. The number of thiazole rings is 1. The summed E-state index contributed by atoms with van der Waals surface area (Å²) in [7, 11) is 1.97. The van der Waals surface area contributed by atoms with Gasteiger partial charge in [-0.05, 0) is 67.6 Å². The first-order valence-corrected chi connectivity index (χ1v) is 12.4. The van der Waals surface area contributed by atoms with Crippen LogP contribution < -0.4 is 10.2 Å². The van der Waals surface area contributed by atoms with E-state index >= 15 is 0 Å². The molecule has 4 heterocycles. The fourth-order valence-electron chi connectivity index (χ4n) is 5.25. The first-order valence-electron chi connectivity index (χ1n) is 11.6. The minimum Gasteiger partial charge on any atom is -0.348 e. The van der Waals surface area contributed by atoms with Gasteiger partial charge in [-0.3, -0.25) is 4.68 Å². The van der Waals surface area contributed by atoms with Crippen LogP contribution >= 0.6 is 11.3 Å². The van der Waals surface area contributed by atoms with Crippen molar-refractivity contribution in [3.8, 4) is 27.8 Å². The van der Waals surface area contributed by atoms with E-state index in [0.717, 1.165) is 70.9 Å². The van der Waals surface area contributed by atoms with Gasteiger partial charge in [-0.25, -0.2) is 4.98 Å². The van der Waals surface area contributed by atoms with Crippen molar-refractivity contribution >= 4 is 27.4 Å². The molecule has 0 spiro atoms. The van der Waals surface area contributed by atoms with E-state index in [0.29, 0.717) is 5.56 Å².